The van der Waals surface area contributed by atoms with Crippen molar-refractivity contribution >= 4 is 6.08 Å². The number of hydrogen-bond donors (Lipinski definition) is 0. The van der Waals surface area contributed by atoms with E-state index < -0.39 is 0 Å². The number of unbranched alkanes of at least 4 members (excludes halogenated alkanes) is 1. The Morgan fingerprint density at radius 1 is 1.54 bits per heavy atom. The van der Waals surface area contributed by atoms with Gasteiger partial charge in [0.1, 0.15) is 0 Å². The van der Waals surface area contributed by atoms with Crippen LogP contribution in [0.2, 0.25) is 0 Å². The van der Waals surface area contributed by atoms with E-state index in [0.29, 0.717) is 5.70 Å². The summed E-state index contributed by atoms with van der Waals surface area (Å²) in [6, 6.07) is 5.74. The molecular formula is C11H15N2. The Hall–Kier alpha value is -1.31. The summed E-state index contributed by atoms with van der Waals surface area (Å²) in [5, 5.41) is 0. The number of allylic oxidation sites excluding steroid dienone is 1. The van der Waals surface area contributed by atoms with Gasteiger partial charge in [-0.25, -0.2) is 0 Å². The minimum atomic E-state index is 0.667. The third kappa shape index (κ3) is 3.74. The minimum absolute atomic E-state index is 0.667. The van der Waals surface area contributed by atoms with Crippen LogP contribution in [0.4, 0.5) is 0 Å². The van der Waals surface area contributed by atoms with Gasteiger partial charge in [-0.2, -0.15) is 0 Å². The molecule has 1 rings (SSSR count). The van der Waals surface area contributed by atoms with Gasteiger partial charge in [0.05, 0.1) is 5.69 Å². The second kappa shape index (κ2) is 5.36. The van der Waals surface area contributed by atoms with E-state index in [0.717, 1.165) is 25.0 Å². The largest absolute Gasteiger partial charge is 0.305 e. The Labute approximate surface area is 79.5 Å². The SMILES string of the molecule is CCCC/C([NH])=C/c1ccccn1. The molecule has 0 unspecified atom stereocenters. The molecule has 0 aromatic carbocycles. The fourth-order valence-corrected chi connectivity index (χ4v) is 1.08. The average Bonchev–Trinajstić information content (AvgIpc) is 2.16. The van der Waals surface area contributed by atoms with Crippen molar-refractivity contribution in [2.24, 2.45) is 0 Å². The van der Waals surface area contributed by atoms with E-state index in [1.54, 1.807) is 6.20 Å². The zero-order valence-electron chi connectivity index (χ0n) is 7.96. The monoisotopic (exact) mass is 175 g/mol. The fourth-order valence-electron chi connectivity index (χ4n) is 1.08. The fraction of sp³-hybridized carbons (Fsp3) is 0.364. The third-order valence-electron chi connectivity index (χ3n) is 1.81. The van der Waals surface area contributed by atoms with Crippen LogP contribution >= 0.6 is 0 Å². The molecular weight excluding hydrogens is 160 g/mol. The number of rotatable bonds is 4. The van der Waals surface area contributed by atoms with Gasteiger partial charge in [0.2, 0.25) is 0 Å². The molecule has 0 fully saturated rings. The van der Waals surface area contributed by atoms with Crippen molar-refractivity contribution in [3.8, 4) is 0 Å². The normalized spacial score (nSPS) is 11.6. The average molecular weight is 175 g/mol. The van der Waals surface area contributed by atoms with E-state index in [2.05, 4.69) is 11.9 Å². The maximum absolute atomic E-state index is 7.63. The molecule has 1 aromatic heterocycles. The summed E-state index contributed by atoms with van der Waals surface area (Å²) in [6.07, 6.45) is 6.66. The van der Waals surface area contributed by atoms with Crippen molar-refractivity contribution in [1.29, 1.82) is 0 Å². The predicted molar refractivity (Wildman–Crippen MR) is 54.8 cm³/mol. The maximum atomic E-state index is 7.63. The molecule has 0 aliphatic heterocycles. The molecule has 1 heterocycles. The van der Waals surface area contributed by atoms with E-state index in [9.17, 15) is 0 Å². The molecule has 2 heteroatoms. The molecule has 13 heavy (non-hydrogen) atoms. The van der Waals surface area contributed by atoms with Gasteiger partial charge < -0.3 is 5.73 Å². The van der Waals surface area contributed by atoms with Crippen LogP contribution in [0.5, 0.6) is 0 Å². The molecule has 0 atom stereocenters. The van der Waals surface area contributed by atoms with Crippen LogP contribution in [0.1, 0.15) is 31.9 Å². The zero-order valence-corrected chi connectivity index (χ0v) is 7.96. The summed E-state index contributed by atoms with van der Waals surface area (Å²) >= 11 is 0. The smallest absolute Gasteiger partial charge is 0.0647 e. The van der Waals surface area contributed by atoms with E-state index in [-0.39, 0.29) is 0 Å². The van der Waals surface area contributed by atoms with Crippen LogP contribution in [0.25, 0.3) is 6.08 Å². The Kier molecular flexibility index (Phi) is 4.03. The van der Waals surface area contributed by atoms with Gasteiger partial charge in [-0.15, -0.1) is 0 Å². The molecule has 0 saturated heterocycles. The van der Waals surface area contributed by atoms with Crippen molar-refractivity contribution in [2.45, 2.75) is 26.2 Å². The lowest BCUT2D eigenvalue weighted by Crippen LogP contribution is -1.86. The Balaban J connectivity index is 2.55. The first-order chi connectivity index (χ1) is 6.33. The highest BCUT2D eigenvalue weighted by Crippen LogP contribution is 2.07. The predicted octanol–water partition coefficient (Wildman–Crippen LogP) is 2.90. The van der Waals surface area contributed by atoms with E-state index in [4.69, 9.17) is 5.73 Å². The molecule has 2 nitrogen and oxygen atoms in total. The summed E-state index contributed by atoms with van der Waals surface area (Å²) in [5.41, 5.74) is 9.18. The van der Waals surface area contributed by atoms with Gasteiger partial charge in [-0.3, -0.25) is 4.98 Å². The molecule has 69 valence electrons. The Morgan fingerprint density at radius 3 is 3.00 bits per heavy atom. The van der Waals surface area contributed by atoms with Gasteiger partial charge in [-0.05, 0) is 31.1 Å². The van der Waals surface area contributed by atoms with E-state index >= 15 is 0 Å². The summed E-state index contributed by atoms with van der Waals surface area (Å²) in [4.78, 5) is 4.13. The van der Waals surface area contributed by atoms with Crippen LogP contribution < -0.4 is 5.73 Å². The van der Waals surface area contributed by atoms with Crippen LogP contribution in [0, 0.1) is 0 Å². The number of nitrogens with zero attached hydrogens (tertiary/aromatic N) is 1. The number of pyridine rings is 1. The highest BCUT2D eigenvalue weighted by molar-refractivity contribution is 5.47. The molecule has 0 bridgehead atoms. The van der Waals surface area contributed by atoms with E-state index in [1.165, 1.54) is 0 Å². The van der Waals surface area contributed by atoms with Gasteiger partial charge in [-0.1, -0.05) is 19.4 Å². The van der Waals surface area contributed by atoms with Gasteiger partial charge in [0.15, 0.2) is 0 Å². The second-order valence-electron chi connectivity index (χ2n) is 3.03. The molecule has 0 amide bonds. The summed E-state index contributed by atoms with van der Waals surface area (Å²) in [5.74, 6) is 0. The maximum Gasteiger partial charge on any atom is 0.0647 e. The molecule has 1 N–H and O–H groups in total. The summed E-state index contributed by atoms with van der Waals surface area (Å²) < 4.78 is 0. The highest BCUT2D eigenvalue weighted by atomic mass is 14.7. The van der Waals surface area contributed by atoms with Crippen molar-refractivity contribution in [3.63, 3.8) is 0 Å². The minimum Gasteiger partial charge on any atom is -0.305 e. The van der Waals surface area contributed by atoms with Gasteiger partial charge >= 0.3 is 0 Å². The lowest BCUT2D eigenvalue weighted by molar-refractivity contribution is 0.780. The first kappa shape index (κ1) is 9.78. The zero-order chi connectivity index (χ0) is 9.52. The topological polar surface area (TPSA) is 36.7 Å². The van der Waals surface area contributed by atoms with Crippen molar-refractivity contribution in [1.82, 2.24) is 10.7 Å². The molecule has 0 saturated carbocycles. The summed E-state index contributed by atoms with van der Waals surface area (Å²) in [6.45, 7) is 2.13. The lowest BCUT2D eigenvalue weighted by Gasteiger charge is -1.97. The van der Waals surface area contributed by atoms with Crippen LogP contribution in [0.15, 0.2) is 30.1 Å². The van der Waals surface area contributed by atoms with E-state index in [1.807, 2.05) is 24.3 Å². The second-order valence-corrected chi connectivity index (χ2v) is 3.03. The molecule has 0 spiro atoms. The van der Waals surface area contributed by atoms with Gasteiger partial charge in [0.25, 0.3) is 0 Å². The number of aromatic nitrogens is 1. The number of nitrogens with one attached hydrogen (secondary N) is 1. The van der Waals surface area contributed by atoms with Crippen molar-refractivity contribution in [2.75, 3.05) is 0 Å². The van der Waals surface area contributed by atoms with Crippen LogP contribution in [-0.2, 0) is 0 Å². The Morgan fingerprint density at radius 2 is 2.38 bits per heavy atom. The quantitative estimate of drug-likeness (QED) is 0.693. The highest BCUT2D eigenvalue weighted by Gasteiger charge is 1.92. The van der Waals surface area contributed by atoms with Crippen LogP contribution in [-0.4, -0.2) is 4.98 Å². The summed E-state index contributed by atoms with van der Waals surface area (Å²) in [7, 11) is 0. The van der Waals surface area contributed by atoms with Crippen molar-refractivity contribution in [3.05, 3.63) is 35.8 Å². The molecule has 1 radical (unpaired) electrons. The number of hydrogen-bond acceptors (Lipinski definition) is 1. The first-order valence-electron chi connectivity index (χ1n) is 4.66. The Bertz CT molecular complexity index is 265. The van der Waals surface area contributed by atoms with Crippen LogP contribution in [0.3, 0.4) is 0 Å². The molecule has 1 aromatic rings. The first-order valence-corrected chi connectivity index (χ1v) is 4.66. The standard InChI is InChI=1S/C11H15N2/c1-2-3-6-10(12)9-11-7-4-5-8-13-11/h4-5,7-9,12H,2-3,6H2,1H3/b10-9-. The van der Waals surface area contributed by atoms with Crippen molar-refractivity contribution < 1.29 is 0 Å². The molecule has 0 aliphatic carbocycles. The van der Waals surface area contributed by atoms with Gasteiger partial charge in [0, 0.05) is 11.9 Å². The lowest BCUT2D eigenvalue weighted by atomic mass is 10.2. The molecule has 0 aliphatic rings. The third-order valence-corrected chi connectivity index (χ3v) is 1.81.